The number of aromatic nitrogens is 2. The van der Waals surface area contributed by atoms with Crippen molar-refractivity contribution in [1.82, 2.24) is 15.2 Å². The van der Waals surface area contributed by atoms with Gasteiger partial charge < -0.3 is 5.11 Å². The highest BCUT2D eigenvalue weighted by atomic mass is 19.4. The first-order valence-corrected chi connectivity index (χ1v) is 9.16. The quantitative estimate of drug-likeness (QED) is 0.412. The van der Waals surface area contributed by atoms with Crippen LogP contribution in [0.2, 0.25) is 0 Å². The van der Waals surface area contributed by atoms with Gasteiger partial charge in [-0.1, -0.05) is 6.07 Å². The molecule has 3 aromatic rings. The van der Waals surface area contributed by atoms with E-state index in [1.54, 1.807) is 6.92 Å². The van der Waals surface area contributed by atoms with Gasteiger partial charge in [0.1, 0.15) is 0 Å². The summed E-state index contributed by atoms with van der Waals surface area (Å²) in [6.07, 6.45) is -4.56. The topological polar surface area (TPSA) is 117 Å². The van der Waals surface area contributed by atoms with Gasteiger partial charge in [-0.25, -0.2) is 14.9 Å². The Bertz CT molecular complexity index is 1270. The zero-order valence-corrected chi connectivity index (χ0v) is 16.8. The van der Waals surface area contributed by atoms with Gasteiger partial charge in [0.15, 0.2) is 0 Å². The molecule has 166 valence electrons. The van der Waals surface area contributed by atoms with E-state index in [0.717, 1.165) is 16.8 Å². The molecule has 0 atom stereocenters. The zero-order valence-electron chi connectivity index (χ0n) is 16.8. The second-order valence-electron chi connectivity index (χ2n) is 6.82. The summed E-state index contributed by atoms with van der Waals surface area (Å²) in [5.41, 5.74) is 1.45. The van der Waals surface area contributed by atoms with E-state index in [9.17, 15) is 27.6 Å². The summed E-state index contributed by atoms with van der Waals surface area (Å²) in [5, 5.41) is 15.5. The Labute approximate surface area is 179 Å². The lowest BCUT2D eigenvalue weighted by molar-refractivity contribution is -0.137. The molecule has 0 radical (unpaired) electrons. The number of nitrogens with zero attached hydrogens (tertiary/aromatic N) is 2. The van der Waals surface area contributed by atoms with Crippen molar-refractivity contribution in [3.8, 4) is 5.69 Å². The third-order valence-electron chi connectivity index (χ3n) is 4.58. The Hall–Kier alpha value is -4.15. The average Bonchev–Trinajstić information content (AvgIpc) is 3.05. The standard InChI is InChI=1S/C21H17F3N4O4/c1-11(25-26-18(29)13-6-8-14(9-7-13)20(31)32)17-12(2)27-28(19(17)30)16-5-3-4-15(10-16)21(22,23)24/h3-10,27H,1-2H3,(H,26,29)(H,31,32). The molecule has 1 heterocycles. The summed E-state index contributed by atoms with van der Waals surface area (Å²) >= 11 is 0. The van der Waals surface area contributed by atoms with Gasteiger partial charge in [0.25, 0.3) is 11.5 Å². The number of halogens is 3. The number of hydrogen-bond acceptors (Lipinski definition) is 4. The van der Waals surface area contributed by atoms with Crippen molar-refractivity contribution in [3.05, 3.63) is 86.8 Å². The van der Waals surface area contributed by atoms with Crippen LogP contribution < -0.4 is 11.0 Å². The van der Waals surface area contributed by atoms with E-state index >= 15 is 0 Å². The minimum Gasteiger partial charge on any atom is -0.478 e. The van der Waals surface area contributed by atoms with Gasteiger partial charge in [-0.05, 0) is 56.3 Å². The predicted octanol–water partition coefficient (Wildman–Crippen LogP) is 3.35. The van der Waals surface area contributed by atoms with E-state index in [4.69, 9.17) is 5.11 Å². The summed E-state index contributed by atoms with van der Waals surface area (Å²) in [4.78, 5) is 35.9. The zero-order chi connectivity index (χ0) is 23.6. The van der Waals surface area contributed by atoms with Crippen molar-refractivity contribution >= 4 is 17.6 Å². The van der Waals surface area contributed by atoms with Gasteiger partial charge in [0.2, 0.25) is 0 Å². The Morgan fingerprint density at radius 1 is 1.09 bits per heavy atom. The number of hydrogen-bond donors (Lipinski definition) is 3. The smallest absolute Gasteiger partial charge is 0.416 e. The highest BCUT2D eigenvalue weighted by molar-refractivity contribution is 6.01. The van der Waals surface area contributed by atoms with E-state index in [-0.39, 0.29) is 28.1 Å². The number of carbonyl (C=O) groups is 2. The molecule has 0 aliphatic rings. The van der Waals surface area contributed by atoms with Gasteiger partial charge in [-0.2, -0.15) is 18.3 Å². The normalized spacial score (nSPS) is 12.0. The molecular weight excluding hydrogens is 429 g/mol. The molecule has 0 fully saturated rings. The number of carbonyl (C=O) groups excluding carboxylic acids is 1. The number of rotatable bonds is 5. The molecule has 0 unspecified atom stereocenters. The van der Waals surface area contributed by atoms with Crippen LogP contribution in [-0.4, -0.2) is 32.5 Å². The van der Waals surface area contributed by atoms with E-state index in [0.29, 0.717) is 5.69 Å². The molecule has 1 amide bonds. The van der Waals surface area contributed by atoms with Crippen molar-refractivity contribution < 1.29 is 27.9 Å². The maximum atomic E-state index is 13.0. The van der Waals surface area contributed by atoms with Crippen LogP contribution in [0.25, 0.3) is 5.69 Å². The molecule has 8 nitrogen and oxygen atoms in total. The third-order valence-corrected chi connectivity index (χ3v) is 4.58. The Morgan fingerprint density at radius 3 is 2.31 bits per heavy atom. The molecule has 0 bridgehead atoms. The van der Waals surface area contributed by atoms with E-state index in [2.05, 4.69) is 15.6 Å². The van der Waals surface area contributed by atoms with Gasteiger partial charge in [-0.3, -0.25) is 14.7 Å². The maximum absolute atomic E-state index is 13.0. The van der Waals surface area contributed by atoms with Crippen LogP contribution in [0.15, 0.2) is 58.4 Å². The van der Waals surface area contributed by atoms with Crippen LogP contribution in [0.3, 0.4) is 0 Å². The molecule has 3 rings (SSSR count). The Balaban J connectivity index is 1.86. The van der Waals surface area contributed by atoms with Gasteiger partial charge in [0.05, 0.1) is 28.1 Å². The monoisotopic (exact) mass is 446 g/mol. The summed E-state index contributed by atoms with van der Waals surface area (Å²) in [7, 11) is 0. The first kappa shape index (κ1) is 22.5. The molecule has 0 aliphatic heterocycles. The lowest BCUT2D eigenvalue weighted by Gasteiger charge is -2.08. The number of carboxylic acid groups (broad SMARTS) is 1. The summed E-state index contributed by atoms with van der Waals surface area (Å²) in [6.45, 7) is 3.01. The fourth-order valence-electron chi connectivity index (χ4n) is 3.00. The van der Waals surface area contributed by atoms with Gasteiger partial charge in [0, 0.05) is 11.3 Å². The largest absolute Gasteiger partial charge is 0.478 e. The maximum Gasteiger partial charge on any atom is 0.416 e. The average molecular weight is 446 g/mol. The van der Waals surface area contributed by atoms with Crippen molar-refractivity contribution in [3.63, 3.8) is 0 Å². The van der Waals surface area contributed by atoms with Crippen molar-refractivity contribution in [2.75, 3.05) is 0 Å². The fraction of sp³-hybridized carbons (Fsp3) is 0.143. The minimum atomic E-state index is -4.56. The van der Waals surface area contributed by atoms with Crippen LogP contribution in [0, 0.1) is 6.92 Å². The Morgan fingerprint density at radius 2 is 1.72 bits per heavy atom. The SMILES string of the molecule is CC(=NNC(=O)c1ccc(C(=O)O)cc1)c1c(C)[nH]n(-c2cccc(C(F)(F)F)c2)c1=O. The highest BCUT2D eigenvalue weighted by Crippen LogP contribution is 2.30. The number of amides is 1. The molecule has 0 saturated carbocycles. The fourth-order valence-corrected chi connectivity index (χ4v) is 3.00. The first-order chi connectivity index (χ1) is 15.0. The number of carboxylic acids is 1. The summed E-state index contributed by atoms with van der Waals surface area (Å²) in [6, 6.07) is 9.43. The predicted molar refractivity (Wildman–Crippen MR) is 109 cm³/mol. The highest BCUT2D eigenvalue weighted by Gasteiger charge is 2.30. The van der Waals surface area contributed by atoms with Crippen LogP contribution >= 0.6 is 0 Å². The van der Waals surface area contributed by atoms with E-state index in [1.165, 1.54) is 43.3 Å². The number of benzene rings is 2. The third kappa shape index (κ3) is 4.61. The lowest BCUT2D eigenvalue weighted by atomic mass is 10.1. The molecule has 3 N–H and O–H groups in total. The Kier molecular flexibility index (Phi) is 6.01. The number of H-pyrrole nitrogens is 1. The molecule has 32 heavy (non-hydrogen) atoms. The lowest BCUT2D eigenvalue weighted by Crippen LogP contribution is -2.23. The second-order valence-corrected chi connectivity index (χ2v) is 6.82. The second kappa shape index (κ2) is 8.53. The number of alkyl halides is 3. The molecule has 0 spiro atoms. The molecule has 1 aromatic heterocycles. The summed E-state index contributed by atoms with van der Waals surface area (Å²) < 4.78 is 39.9. The van der Waals surface area contributed by atoms with E-state index < -0.39 is 29.2 Å². The van der Waals surface area contributed by atoms with E-state index in [1.807, 2.05) is 0 Å². The number of nitrogens with one attached hydrogen (secondary N) is 2. The van der Waals surface area contributed by atoms with Gasteiger partial charge in [-0.15, -0.1) is 0 Å². The number of aromatic carboxylic acids is 1. The molecular formula is C21H17F3N4O4. The van der Waals surface area contributed by atoms with Crippen LogP contribution in [-0.2, 0) is 6.18 Å². The summed E-state index contributed by atoms with van der Waals surface area (Å²) in [5.74, 6) is -1.77. The molecule has 0 aliphatic carbocycles. The number of hydrazone groups is 1. The van der Waals surface area contributed by atoms with Crippen molar-refractivity contribution in [2.24, 2.45) is 5.10 Å². The van der Waals surface area contributed by atoms with Gasteiger partial charge >= 0.3 is 12.1 Å². The molecule has 2 aromatic carbocycles. The van der Waals surface area contributed by atoms with Crippen LogP contribution in [0.1, 0.15) is 44.5 Å². The first-order valence-electron chi connectivity index (χ1n) is 9.16. The molecule has 11 heteroatoms. The molecule has 0 saturated heterocycles. The van der Waals surface area contributed by atoms with Crippen LogP contribution in [0.5, 0.6) is 0 Å². The van der Waals surface area contributed by atoms with Crippen LogP contribution in [0.4, 0.5) is 13.2 Å². The van der Waals surface area contributed by atoms with Crippen molar-refractivity contribution in [1.29, 1.82) is 0 Å². The van der Waals surface area contributed by atoms with Crippen molar-refractivity contribution in [2.45, 2.75) is 20.0 Å². The number of aryl methyl sites for hydroxylation is 1. The minimum absolute atomic E-state index is 0.00506. The number of aromatic amines is 1.